The first-order valence-corrected chi connectivity index (χ1v) is 11.4. The second-order valence-electron chi connectivity index (χ2n) is 9.45. The van der Waals surface area contributed by atoms with Crippen molar-refractivity contribution in [3.63, 3.8) is 0 Å². The van der Waals surface area contributed by atoms with Crippen LogP contribution in [0.5, 0.6) is 0 Å². The smallest absolute Gasteiger partial charge is 0.326 e. The largest absolute Gasteiger partial charge is 0.481 e. The molecule has 1 aliphatic rings. The number of rotatable bonds is 13. The molecule has 0 aliphatic carbocycles. The number of hydrogen-bond donors (Lipinski definition) is 5. The van der Waals surface area contributed by atoms with E-state index in [0.29, 0.717) is 25.8 Å². The zero-order chi connectivity index (χ0) is 25.3. The zero-order valence-electron chi connectivity index (χ0n) is 19.9. The lowest BCUT2D eigenvalue weighted by Gasteiger charge is -2.30. The number of likely N-dealkylation sites (tertiary alicyclic amines) is 1. The fraction of sp³-hybridized carbons (Fsp3) is 0.773. The molecule has 4 unspecified atom stereocenters. The summed E-state index contributed by atoms with van der Waals surface area (Å²) in [6, 6.07) is -3.87. The van der Waals surface area contributed by atoms with Crippen molar-refractivity contribution >= 4 is 29.7 Å². The standard InChI is InChI=1S/C22H38N4O7/c1-12(2)10-15(24-19(29)14(23)7-8-18(27)28)21(31)26-9-5-6-17(26)20(30)25-16(22(32)33)11-13(3)4/h12-17H,5-11,23H2,1-4H3,(H,24,29)(H,25,30)(H,27,28)(H,32,33). The van der Waals surface area contributed by atoms with E-state index in [2.05, 4.69) is 10.6 Å². The molecule has 1 fully saturated rings. The molecule has 0 aromatic carbocycles. The topological polar surface area (TPSA) is 179 Å². The lowest BCUT2D eigenvalue weighted by Crippen LogP contribution is -2.57. The van der Waals surface area contributed by atoms with Crippen LogP contribution in [0.15, 0.2) is 0 Å². The third-order valence-electron chi connectivity index (χ3n) is 5.49. The van der Waals surface area contributed by atoms with E-state index in [4.69, 9.17) is 10.8 Å². The molecular weight excluding hydrogens is 432 g/mol. The summed E-state index contributed by atoms with van der Waals surface area (Å²) in [5.41, 5.74) is 5.78. The SMILES string of the molecule is CC(C)CC(NC(=O)C1CCCN1C(=O)C(CC(C)C)NC(=O)C(N)CCC(=O)O)C(=O)O. The number of nitrogens with one attached hydrogen (secondary N) is 2. The summed E-state index contributed by atoms with van der Waals surface area (Å²) >= 11 is 0. The molecule has 11 nitrogen and oxygen atoms in total. The summed E-state index contributed by atoms with van der Waals surface area (Å²) in [6.45, 7) is 7.79. The molecule has 1 aliphatic heterocycles. The maximum absolute atomic E-state index is 13.3. The van der Waals surface area contributed by atoms with Crippen LogP contribution in [0.3, 0.4) is 0 Å². The van der Waals surface area contributed by atoms with Gasteiger partial charge in [-0.15, -0.1) is 0 Å². The second kappa shape index (κ2) is 13.1. The van der Waals surface area contributed by atoms with Gasteiger partial charge in [-0.1, -0.05) is 27.7 Å². The second-order valence-corrected chi connectivity index (χ2v) is 9.45. The van der Waals surface area contributed by atoms with E-state index in [-0.39, 0.29) is 31.1 Å². The first-order valence-electron chi connectivity index (χ1n) is 11.4. The van der Waals surface area contributed by atoms with Crippen LogP contribution in [0.25, 0.3) is 0 Å². The number of nitrogens with two attached hydrogens (primary N) is 1. The summed E-state index contributed by atoms with van der Waals surface area (Å²) in [7, 11) is 0. The van der Waals surface area contributed by atoms with Gasteiger partial charge in [0.15, 0.2) is 0 Å². The third-order valence-corrected chi connectivity index (χ3v) is 5.49. The molecule has 1 rings (SSSR count). The Morgan fingerprint density at radius 1 is 0.970 bits per heavy atom. The molecule has 11 heteroatoms. The normalized spacial score (nSPS) is 18.6. The van der Waals surface area contributed by atoms with Gasteiger partial charge in [0.2, 0.25) is 17.7 Å². The predicted octanol–water partition coefficient (Wildman–Crippen LogP) is 0.316. The minimum Gasteiger partial charge on any atom is -0.481 e. The van der Waals surface area contributed by atoms with Gasteiger partial charge in [-0.25, -0.2) is 4.79 Å². The molecule has 0 radical (unpaired) electrons. The summed E-state index contributed by atoms with van der Waals surface area (Å²) in [5, 5.41) is 23.4. The Labute approximate surface area is 194 Å². The van der Waals surface area contributed by atoms with Crippen molar-refractivity contribution in [3.05, 3.63) is 0 Å². The lowest BCUT2D eigenvalue weighted by molar-refractivity contribution is -0.145. The fourth-order valence-corrected chi connectivity index (χ4v) is 3.85. The third kappa shape index (κ3) is 9.37. The van der Waals surface area contributed by atoms with Crippen LogP contribution < -0.4 is 16.4 Å². The van der Waals surface area contributed by atoms with E-state index in [0.717, 1.165) is 0 Å². The van der Waals surface area contributed by atoms with Crippen molar-refractivity contribution in [2.75, 3.05) is 6.54 Å². The van der Waals surface area contributed by atoms with Gasteiger partial charge >= 0.3 is 11.9 Å². The number of nitrogens with zero attached hydrogens (tertiary/aromatic N) is 1. The Morgan fingerprint density at radius 3 is 2.06 bits per heavy atom. The van der Waals surface area contributed by atoms with Crippen molar-refractivity contribution in [1.29, 1.82) is 0 Å². The molecule has 6 N–H and O–H groups in total. The van der Waals surface area contributed by atoms with Gasteiger partial charge in [-0.3, -0.25) is 19.2 Å². The molecule has 0 saturated carbocycles. The number of aliphatic carboxylic acids is 2. The van der Waals surface area contributed by atoms with Crippen molar-refractivity contribution in [1.82, 2.24) is 15.5 Å². The average Bonchev–Trinajstić information content (AvgIpc) is 3.19. The number of carbonyl (C=O) groups is 5. The summed E-state index contributed by atoms with van der Waals surface area (Å²) in [6.07, 6.45) is 1.21. The molecule has 0 bridgehead atoms. The van der Waals surface area contributed by atoms with E-state index in [1.54, 1.807) is 0 Å². The number of carboxylic acid groups (broad SMARTS) is 2. The Bertz CT molecular complexity index is 726. The van der Waals surface area contributed by atoms with Gasteiger partial charge in [0.25, 0.3) is 0 Å². The Balaban J connectivity index is 2.92. The van der Waals surface area contributed by atoms with Crippen LogP contribution in [0.4, 0.5) is 0 Å². The molecule has 1 heterocycles. The Kier molecular flexibility index (Phi) is 11.3. The highest BCUT2D eigenvalue weighted by Gasteiger charge is 2.39. The van der Waals surface area contributed by atoms with Crippen molar-refractivity contribution in [2.24, 2.45) is 17.6 Å². The molecular formula is C22H38N4O7. The summed E-state index contributed by atoms with van der Waals surface area (Å²) in [5.74, 6) is -3.68. The quantitative estimate of drug-likeness (QED) is 0.255. The molecule has 4 atom stereocenters. The van der Waals surface area contributed by atoms with Crippen LogP contribution in [0.2, 0.25) is 0 Å². The Hall–Kier alpha value is -2.69. The van der Waals surface area contributed by atoms with E-state index in [1.807, 2.05) is 27.7 Å². The van der Waals surface area contributed by atoms with Gasteiger partial charge in [0.05, 0.1) is 6.04 Å². The first kappa shape index (κ1) is 28.3. The molecule has 0 aromatic rings. The van der Waals surface area contributed by atoms with Crippen LogP contribution >= 0.6 is 0 Å². The zero-order valence-corrected chi connectivity index (χ0v) is 19.9. The maximum Gasteiger partial charge on any atom is 0.326 e. The van der Waals surface area contributed by atoms with Gasteiger partial charge < -0.3 is 31.5 Å². The van der Waals surface area contributed by atoms with Crippen molar-refractivity contribution < 1.29 is 34.2 Å². The van der Waals surface area contributed by atoms with Gasteiger partial charge in [-0.2, -0.15) is 0 Å². The van der Waals surface area contributed by atoms with Crippen LogP contribution in [0.1, 0.15) is 66.2 Å². The molecule has 3 amide bonds. The number of hydrogen-bond acceptors (Lipinski definition) is 6. The van der Waals surface area contributed by atoms with Gasteiger partial charge in [0.1, 0.15) is 18.1 Å². The van der Waals surface area contributed by atoms with Crippen molar-refractivity contribution in [2.45, 2.75) is 90.4 Å². The van der Waals surface area contributed by atoms with Gasteiger partial charge in [0, 0.05) is 13.0 Å². The van der Waals surface area contributed by atoms with E-state index in [1.165, 1.54) is 4.90 Å². The first-order chi connectivity index (χ1) is 15.3. The number of carboxylic acids is 2. The number of carbonyl (C=O) groups excluding carboxylic acids is 3. The maximum atomic E-state index is 13.3. The summed E-state index contributed by atoms with van der Waals surface area (Å²) < 4.78 is 0. The molecule has 0 spiro atoms. The minimum atomic E-state index is -1.13. The lowest BCUT2D eigenvalue weighted by atomic mass is 10.0. The Morgan fingerprint density at radius 2 is 1.55 bits per heavy atom. The molecule has 33 heavy (non-hydrogen) atoms. The molecule has 188 valence electrons. The molecule has 1 saturated heterocycles. The van der Waals surface area contributed by atoms with Crippen LogP contribution in [0, 0.1) is 11.8 Å². The van der Waals surface area contributed by atoms with E-state index in [9.17, 15) is 29.1 Å². The van der Waals surface area contributed by atoms with E-state index >= 15 is 0 Å². The number of amides is 3. The van der Waals surface area contributed by atoms with Crippen molar-refractivity contribution in [3.8, 4) is 0 Å². The monoisotopic (exact) mass is 470 g/mol. The highest BCUT2D eigenvalue weighted by atomic mass is 16.4. The fourth-order valence-electron chi connectivity index (χ4n) is 3.85. The molecule has 0 aromatic heterocycles. The van der Waals surface area contributed by atoms with Crippen LogP contribution in [-0.2, 0) is 24.0 Å². The average molecular weight is 471 g/mol. The highest BCUT2D eigenvalue weighted by molar-refractivity contribution is 5.94. The summed E-state index contributed by atoms with van der Waals surface area (Å²) in [4.78, 5) is 62.2. The van der Waals surface area contributed by atoms with E-state index < -0.39 is 53.8 Å². The van der Waals surface area contributed by atoms with Gasteiger partial charge in [-0.05, 0) is 43.9 Å². The predicted molar refractivity (Wildman–Crippen MR) is 120 cm³/mol. The highest BCUT2D eigenvalue weighted by Crippen LogP contribution is 2.21. The van der Waals surface area contributed by atoms with Crippen LogP contribution in [-0.4, -0.2) is 75.5 Å². The minimum absolute atomic E-state index is 0.0480.